The highest BCUT2D eigenvalue weighted by Gasteiger charge is 2.30. The molecule has 0 spiro atoms. The van der Waals surface area contributed by atoms with Crippen LogP contribution in [0.4, 0.5) is 13.2 Å². The van der Waals surface area contributed by atoms with Gasteiger partial charge in [-0.05, 0) is 42.0 Å². The third-order valence-electron chi connectivity index (χ3n) is 2.93. The minimum Gasteiger partial charge on any atom is -0.488 e. The van der Waals surface area contributed by atoms with Crippen LogP contribution in [0.1, 0.15) is 11.1 Å². The maximum atomic E-state index is 12.1. The number of aliphatic carboxylic acids is 1. The third-order valence-corrected chi connectivity index (χ3v) is 3.42. The molecule has 0 saturated heterocycles. The monoisotopic (exact) mass is 416 g/mol. The average molecular weight is 417 g/mol. The Labute approximate surface area is 149 Å². The summed E-state index contributed by atoms with van der Waals surface area (Å²) in [5, 5.41) is 8.72. The van der Waals surface area contributed by atoms with E-state index >= 15 is 0 Å². The maximum absolute atomic E-state index is 12.1. The second-order valence-electron chi connectivity index (χ2n) is 4.83. The molecule has 0 radical (unpaired) electrons. The van der Waals surface area contributed by atoms with Crippen LogP contribution in [0.15, 0.2) is 53.0 Å². The zero-order valence-electron chi connectivity index (χ0n) is 12.6. The van der Waals surface area contributed by atoms with E-state index in [1.54, 1.807) is 18.2 Å². The van der Waals surface area contributed by atoms with Crippen LogP contribution in [-0.2, 0) is 11.4 Å². The molecule has 0 atom stereocenters. The van der Waals surface area contributed by atoms with E-state index in [4.69, 9.17) is 9.84 Å². The predicted molar refractivity (Wildman–Crippen MR) is 88.3 cm³/mol. The van der Waals surface area contributed by atoms with Crippen molar-refractivity contribution < 1.29 is 32.5 Å². The van der Waals surface area contributed by atoms with Gasteiger partial charge < -0.3 is 14.6 Å². The fourth-order valence-electron chi connectivity index (χ4n) is 1.89. The molecular weight excluding hydrogens is 405 g/mol. The minimum atomic E-state index is -4.74. The summed E-state index contributed by atoms with van der Waals surface area (Å²) in [5.74, 6) is -0.965. The molecule has 132 valence electrons. The van der Waals surface area contributed by atoms with Crippen LogP contribution in [0.25, 0.3) is 6.08 Å². The van der Waals surface area contributed by atoms with Crippen molar-refractivity contribution in [2.24, 2.45) is 0 Å². The topological polar surface area (TPSA) is 55.8 Å². The lowest BCUT2D eigenvalue weighted by Gasteiger charge is -2.11. The quantitative estimate of drug-likeness (QED) is 0.671. The normalized spacial score (nSPS) is 11.5. The molecule has 0 aliphatic carbocycles. The lowest BCUT2D eigenvalue weighted by molar-refractivity contribution is -0.274. The van der Waals surface area contributed by atoms with Crippen molar-refractivity contribution in [2.75, 3.05) is 0 Å². The van der Waals surface area contributed by atoms with Gasteiger partial charge in [0.25, 0.3) is 0 Å². The third kappa shape index (κ3) is 6.50. The van der Waals surface area contributed by atoms with Crippen molar-refractivity contribution in [1.82, 2.24) is 0 Å². The van der Waals surface area contributed by atoms with Crippen molar-refractivity contribution in [1.29, 1.82) is 0 Å². The molecule has 0 aliphatic heterocycles. The van der Waals surface area contributed by atoms with Crippen LogP contribution in [-0.4, -0.2) is 17.4 Å². The number of rotatable bonds is 6. The number of carboxylic acid groups (broad SMARTS) is 1. The highest BCUT2D eigenvalue weighted by molar-refractivity contribution is 9.10. The van der Waals surface area contributed by atoms with Gasteiger partial charge in [-0.25, -0.2) is 4.79 Å². The van der Waals surface area contributed by atoms with E-state index in [9.17, 15) is 18.0 Å². The summed E-state index contributed by atoms with van der Waals surface area (Å²) in [5.41, 5.74) is 1.18. The van der Waals surface area contributed by atoms with Crippen LogP contribution in [0.5, 0.6) is 11.5 Å². The first kappa shape index (κ1) is 18.9. The number of ether oxygens (including phenoxy) is 2. The Kier molecular flexibility index (Phi) is 6.08. The van der Waals surface area contributed by atoms with Crippen LogP contribution in [0, 0.1) is 0 Å². The Morgan fingerprint density at radius 3 is 2.44 bits per heavy atom. The van der Waals surface area contributed by atoms with Crippen LogP contribution < -0.4 is 9.47 Å². The Balaban J connectivity index is 2.07. The average Bonchev–Trinajstić information content (AvgIpc) is 2.52. The van der Waals surface area contributed by atoms with Gasteiger partial charge in [-0.15, -0.1) is 13.2 Å². The summed E-state index contributed by atoms with van der Waals surface area (Å²) in [6.45, 7) is 0.0990. The van der Waals surface area contributed by atoms with Crippen molar-refractivity contribution in [3.05, 3.63) is 64.1 Å². The van der Waals surface area contributed by atoms with Gasteiger partial charge in [0.15, 0.2) is 0 Å². The smallest absolute Gasteiger partial charge is 0.488 e. The summed E-state index contributed by atoms with van der Waals surface area (Å²) in [7, 11) is 0. The van der Waals surface area contributed by atoms with E-state index in [1.165, 1.54) is 30.3 Å². The lowest BCUT2D eigenvalue weighted by atomic mass is 10.2. The SMILES string of the molecule is O=C(O)/C=C/c1cc(Br)ccc1OCc1ccc(OC(F)(F)F)cc1. The number of alkyl halides is 3. The van der Waals surface area contributed by atoms with Crippen molar-refractivity contribution >= 4 is 28.0 Å². The van der Waals surface area contributed by atoms with E-state index in [0.29, 0.717) is 16.9 Å². The van der Waals surface area contributed by atoms with Gasteiger partial charge in [0.05, 0.1) is 0 Å². The van der Waals surface area contributed by atoms with Gasteiger partial charge in [-0.2, -0.15) is 0 Å². The number of hydrogen-bond acceptors (Lipinski definition) is 3. The van der Waals surface area contributed by atoms with Gasteiger partial charge in [-0.1, -0.05) is 28.1 Å². The largest absolute Gasteiger partial charge is 0.573 e. The van der Waals surface area contributed by atoms with E-state index in [0.717, 1.165) is 10.5 Å². The Morgan fingerprint density at radius 2 is 1.84 bits per heavy atom. The molecule has 0 bridgehead atoms. The molecule has 4 nitrogen and oxygen atoms in total. The number of halogens is 4. The van der Waals surface area contributed by atoms with E-state index < -0.39 is 12.3 Å². The molecule has 0 amide bonds. The number of carboxylic acids is 1. The molecule has 2 rings (SSSR count). The summed E-state index contributed by atoms with van der Waals surface area (Å²) >= 11 is 3.29. The zero-order chi connectivity index (χ0) is 18.4. The Bertz CT molecular complexity index is 770. The number of hydrogen-bond donors (Lipinski definition) is 1. The second kappa shape index (κ2) is 8.06. The molecule has 0 unspecified atom stereocenters. The molecule has 0 fully saturated rings. The van der Waals surface area contributed by atoms with E-state index in [1.807, 2.05) is 0 Å². The van der Waals surface area contributed by atoms with Gasteiger partial charge in [0.1, 0.15) is 18.1 Å². The molecule has 0 heterocycles. The second-order valence-corrected chi connectivity index (χ2v) is 5.75. The van der Waals surface area contributed by atoms with Crippen LogP contribution >= 0.6 is 15.9 Å². The maximum Gasteiger partial charge on any atom is 0.573 e. The number of carbonyl (C=O) groups is 1. The first-order chi connectivity index (χ1) is 11.7. The summed E-state index contributed by atoms with van der Waals surface area (Å²) < 4.78 is 46.5. The zero-order valence-corrected chi connectivity index (χ0v) is 14.2. The lowest BCUT2D eigenvalue weighted by Crippen LogP contribution is -2.17. The van der Waals surface area contributed by atoms with Crippen molar-refractivity contribution in [3.63, 3.8) is 0 Å². The predicted octanol–water partition coefficient (Wildman–Crippen LogP) is 5.02. The molecule has 1 N–H and O–H groups in total. The Morgan fingerprint density at radius 1 is 1.16 bits per heavy atom. The molecule has 8 heteroatoms. The minimum absolute atomic E-state index is 0.0990. The van der Waals surface area contributed by atoms with Gasteiger partial charge in [0, 0.05) is 16.1 Å². The molecule has 2 aromatic rings. The van der Waals surface area contributed by atoms with Gasteiger partial charge in [-0.3, -0.25) is 0 Å². The van der Waals surface area contributed by atoms with Crippen LogP contribution in [0.3, 0.4) is 0 Å². The fraction of sp³-hybridized carbons (Fsp3) is 0.118. The summed E-state index contributed by atoms with van der Waals surface area (Å²) in [6, 6.07) is 10.4. The van der Waals surface area contributed by atoms with Gasteiger partial charge in [0.2, 0.25) is 0 Å². The molecule has 0 aromatic heterocycles. The highest BCUT2D eigenvalue weighted by atomic mass is 79.9. The van der Waals surface area contributed by atoms with Crippen LogP contribution in [0.2, 0.25) is 0 Å². The van der Waals surface area contributed by atoms with E-state index in [2.05, 4.69) is 20.7 Å². The highest BCUT2D eigenvalue weighted by Crippen LogP contribution is 2.26. The first-order valence-corrected chi connectivity index (χ1v) is 7.70. The van der Waals surface area contributed by atoms with E-state index in [-0.39, 0.29) is 12.4 Å². The molecular formula is C17H12BrF3O4. The summed E-state index contributed by atoms with van der Waals surface area (Å²) in [4.78, 5) is 10.6. The summed E-state index contributed by atoms with van der Waals surface area (Å²) in [6.07, 6.45) is -2.36. The fourth-order valence-corrected chi connectivity index (χ4v) is 2.27. The first-order valence-electron chi connectivity index (χ1n) is 6.91. The van der Waals surface area contributed by atoms with Crippen molar-refractivity contribution in [3.8, 4) is 11.5 Å². The Hall–Kier alpha value is -2.48. The molecule has 0 saturated carbocycles. The van der Waals surface area contributed by atoms with Gasteiger partial charge >= 0.3 is 12.3 Å². The molecule has 25 heavy (non-hydrogen) atoms. The van der Waals surface area contributed by atoms with Crippen molar-refractivity contribution in [2.45, 2.75) is 13.0 Å². The molecule has 2 aromatic carbocycles. The standard InChI is InChI=1S/C17H12BrF3O4/c18-13-4-7-15(12(9-13)3-8-16(22)23)24-10-11-1-5-14(6-2-11)25-17(19,20)21/h1-9H,10H2,(H,22,23)/b8-3+. The molecule has 0 aliphatic rings. The number of benzene rings is 2.